The summed E-state index contributed by atoms with van der Waals surface area (Å²) >= 11 is 0. The van der Waals surface area contributed by atoms with E-state index in [9.17, 15) is 0 Å². The highest BCUT2D eigenvalue weighted by Gasteiger charge is 2.06. The number of aryl methyl sites for hydroxylation is 3. The van der Waals surface area contributed by atoms with Gasteiger partial charge in [-0.05, 0) is 51.0 Å². The lowest BCUT2D eigenvalue weighted by atomic mass is 10.2. The fourth-order valence-corrected chi connectivity index (χ4v) is 2.77. The number of benzene rings is 2. The van der Waals surface area contributed by atoms with Gasteiger partial charge < -0.3 is 14.0 Å². The summed E-state index contributed by atoms with van der Waals surface area (Å²) in [5, 5.41) is 1.36. The summed E-state index contributed by atoms with van der Waals surface area (Å²) in [6, 6.07) is 14.4. The summed E-state index contributed by atoms with van der Waals surface area (Å²) in [4.78, 5) is 0. The molecule has 0 amide bonds. The van der Waals surface area contributed by atoms with Gasteiger partial charge in [0, 0.05) is 24.1 Å². The van der Waals surface area contributed by atoms with Crippen molar-refractivity contribution < 1.29 is 9.47 Å². The van der Waals surface area contributed by atoms with E-state index in [1.165, 1.54) is 16.5 Å². The van der Waals surface area contributed by atoms with Gasteiger partial charge in [-0.3, -0.25) is 0 Å². The van der Waals surface area contributed by atoms with Crippen molar-refractivity contribution in [2.45, 2.75) is 55.4 Å². The third-order valence-electron chi connectivity index (χ3n) is 3.86. The van der Waals surface area contributed by atoms with Crippen LogP contribution in [-0.2, 0) is 7.05 Å². The summed E-state index contributed by atoms with van der Waals surface area (Å²) in [6.07, 6.45) is 2.16. The van der Waals surface area contributed by atoms with Gasteiger partial charge in [-0.2, -0.15) is 0 Å². The van der Waals surface area contributed by atoms with E-state index in [-0.39, 0.29) is 0 Å². The Hall–Kier alpha value is -2.42. The Bertz CT molecular complexity index is 754. The van der Waals surface area contributed by atoms with Crippen molar-refractivity contribution in [1.29, 1.82) is 0 Å². The minimum atomic E-state index is 0.670. The SMILES string of the molecule is CC.CC.CCOc1cccc(C)c1OCC.Cc1cn(C)c2ccccc12. The number of hydrogen-bond donors (Lipinski definition) is 0. The zero-order valence-electron chi connectivity index (χ0n) is 19.3. The first-order chi connectivity index (χ1) is 13.6. The molecule has 3 rings (SSSR count). The van der Waals surface area contributed by atoms with Crippen LogP contribution in [0.2, 0.25) is 0 Å². The highest BCUT2D eigenvalue weighted by molar-refractivity contribution is 5.83. The molecule has 0 bridgehead atoms. The number of para-hydroxylation sites is 2. The monoisotopic (exact) mass is 385 g/mol. The fraction of sp³-hybridized carbons (Fsp3) is 0.440. The van der Waals surface area contributed by atoms with Crippen LogP contribution in [0.1, 0.15) is 52.7 Å². The van der Waals surface area contributed by atoms with E-state index in [4.69, 9.17) is 9.47 Å². The van der Waals surface area contributed by atoms with Crippen LogP contribution in [0.25, 0.3) is 10.9 Å². The molecule has 1 aromatic heterocycles. The van der Waals surface area contributed by atoms with Crippen LogP contribution in [-0.4, -0.2) is 17.8 Å². The normalized spacial score (nSPS) is 9.18. The lowest BCUT2D eigenvalue weighted by Crippen LogP contribution is -1.99. The lowest BCUT2D eigenvalue weighted by molar-refractivity contribution is 0.286. The quantitative estimate of drug-likeness (QED) is 0.469. The van der Waals surface area contributed by atoms with Gasteiger partial charge in [0.05, 0.1) is 13.2 Å². The predicted octanol–water partition coefficient (Wildman–Crippen LogP) is 7.33. The zero-order valence-corrected chi connectivity index (χ0v) is 19.3. The summed E-state index contributed by atoms with van der Waals surface area (Å²) in [5.41, 5.74) is 3.78. The average Bonchev–Trinajstić information content (AvgIpc) is 3.03. The van der Waals surface area contributed by atoms with Crippen LogP contribution in [0.4, 0.5) is 0 Å². The van der Waals surface area contributed by atoms with Crippen LogP contribution < -0.4 is 9.47 Å². The van der Waals surface area contributed by atoms with Gasteiger partial charge in [0.15, 0.2) is 11.5 Å². The minimum absolute atomic E-state index is 0.670. The number of nitrogens with zero attached hydrogens (tertiary/aromatic N) is 1. The van der Waals surface area contributed by atoms with Crippen molar-refractivity contribution in [3.63, 3.8) is 0 Å². The lowest BCUT2D eigenvalue weighted by Gasteiger charge is -2.12. The first-order valence-electron chi connectivity index (χ1n) is 10.4. The zero-order chi connectivity index (χ0) is 21.5. The number of ether oxygens (including phenoxy) is 2. The second-order valence-electron chi connectivity index (χ2n) is 5.71. The minimum Gasteiger partial charge on any atom is -0.490 e. The molecular weight excluding hydrogens is 346 g/mol. The molecule has 0 atom stereocenters. The Morgan fingerprint density at radius 1 is 0.750 bits per heavy atom. The van der Waals surface area contributed by atoms with Gasteiger partial charge in [-0.15, -0.1) is 0 Å². The number of rotatable bonds is 4. The maximum Gasteiger partial charge on any atom is 0.164 e. The molecule has 0 spiro atoms. The molecule has 0 saturated heterocycles. The van der Waals surface area contributed by atoms with Gasteiger partial charge in [0.1, 0.15) is 0 Å². The Kier molecular flexibility index (Phi) is 13.4. The van der Waals surface area contributed by atoms with E-state index < -0.39 is 0 Å². The molecule has 3 nitrogen and oxygen atoms in total. The molecule has 0 saturated carbocycles. The molecule has 1 heterocycles. The smallest absolute Gasteiger partial charge is 0.164 e. The van der Waals surface area contributed by atoms with Crippen molar-refractivity contribution in [3.05, 3.63) is 59.8 Å². The second kappa shape index (κ2) is 14.6. The van der Waals surface area contributed by atoms with Gasteiger partial charge in [0.25, 0.3) is 0 Å². The van der Waals surface area contributed by atoms with E-state index in [1.807, 2.05) is 66.7 Å². The Balaban J connectivity index is 0.000000445. The first-order valence-corrected chi connectivity index (χ1v) is 10.4. The molecule has 0 aliphatic carbocycles. The van der Waals surface area contributed by atoms with Gasteiger partial charge in [-0.1, -0.05) is 58.0 Å². The number of fused-ring (bicyclic) bond motifs is 1. The topological polar surface area (TPSA) is 23.4 Å². The molecule has 0 fully saturated rings. The fourth-order valence-electron chi connectivity index (χ4n) is 2.77. The van der Waals surface area contributed by atoms with E-state index in [0.29, 0.717) is 13.2 Å². The van der Waals surface area contributed by atoms with E-state index in [1.54, 1.807) is 0 Å². The third kappa shape index (κ3) is 7.30. The first kappa shape index (κ1) is 25.6. The van der Waals surface area contributed by atoms with E-state index in [0.717, 1.165) is 17.1 Å². The van der Waals surface area contributed by atoms with Crippen molar-refractivity contribution in [1.82, 2.24) is 4.57 Å². The second-order valence-corrected chi connectivity index (χ2v) is 5.71. The Morgan fingerprint density at radius 3 is 1.93 bits per heavy atom. The molecule has 28 heavy (non-hydrogen) atoms. The Morgan fingerprint density at radius 2 is 1.36 bits per heavy atom. The predicted molar refractivity (Wildman–Crippen MR) is 124 cm³/mol. The Labute approximate surface area is 172 Å². The number of hydrogen-bond acceptors (Lipinski definition) is 2. The molecule has 0 aliphatic heterocycles. The molecule has 0 aliphatic rings. The molecule has 2 aromatic carbocycles. The van der Waals surface area contributed by atoms with Crippen LogP contribution in [0.5, 0.6) is 11.5 Å². The standard InChI is InChI=1S/C11H16O2.C10H11N.2C2H6/c1-4-12-10-8-6-7-9(3)11(10)13-5-2;1-8-7-11(2)10-6-4-3-5-9(8)10;2*1-2/h6-8H,4-5H2,1-3H3;3-7H,1-2H3;2*1-2H3. The maximum atomic E-state index is 5.50. The van der Waals surface area contributed by atoms with Crippen molar-refractivity contribution >= 4 is 10.9 Å². The van der Waals surface area contributed by atoms with E-state index >= 15 is 0 Å². The van der Waals surface area contributed by atoms with Crippen molar-refractivity contribution in [2.75, 3.05) is 13.2 Å². The molecule has 156 valence electrons. The van der Waals surface area contributed by atoms with Crippen molar-refractivity contribution in [2.24, 2.45) is 7.05 Å². The van der Waals surface area contributed by atoms with Crippen molar-refractivity contribution in [3.8, 4) is 11.5 Å². The highest BCUT2D eigenvalue weighted by Crippen LogP contribution is 2.30. The molecular formula is C25H39NO2. The molecule has 0 unspecified atom stereocenters. The van der Waals surface area contributed by atoms with Gasteiger partial charge in [-0.25, -0.2) is 0 Å². The summed E-state index contributed by atoms with van der Waals surface area (Å²) in [5.74, 6) is 1.70. The molecule has 3 aromatic rings. The van der Waals surface area contributed by atoms with Crippen LogP contribution in [0.15, 0.2) is 48.7 Å². The van der Waals surface area contributed by atoms with Crippen LogP contribution in [0.3, 0.4) is 0 Å². The average molecular weight is 386 g/mol. The summed E-state index contributed by atoms with van der Waals surface area (Å²) < 4.78 is 13.1. The van der Waals surface area contributed by atoms with Crippen LogP contribution in [0, 0.1) is 13.8 Å². The summed E-state index contributed by atoms with van der Waals surface area (Å²) in [7, 11) is 2.08. The van der Waals surface area contributed by atoms with E-state index in [2.05, 4.69) is 49.0 Å². The maximum absolute atomic E-state index is 5.50. The van der Waals surface area contributed by atoms with Gasteiger partial charge >= 0.3 is 0 Å². The molecule has 0 N–H and O–H groups in total. The highest BCUT2D eigenvalue weighted by atomic mass is 16.5. The van der Waals surface area contributed by atoms with Gasteiger partial charge in [0.2, 0.25) is 0 Å². The largest absolute Gasteiger partial charge is 0.490 e. The summed E-state index contributed by atoms with van der Waals surface area (Å²) in [6.45, 7) is 17.4. The third-order valence-corrected chi connectivity index (χ3v) is 3.86. The number of aromatic nitrogens is 1. The molecule has 3 heteroatoms. The molecule has 0 radical (unpaired) electrons. The van der Waals surface area contributed by atoms with Crippen LogP contribution >= 0.6 is 0 Å².